The predicted molar refractivity (Wildman–Crippen MR) is 170 cm³/mol. The number of fused-ring (bicyclic) bond motifs is 5. The summed E-state index contributed by atoms with van der Waals surface area (Å²) in [6.07, 6.45) is 11.3. The fraction of sp³-hybridized carbons (Fsp3) is 0.525. The summed E-state index contributed by atoms with van der Waals surface area (Å²) in [6, 6.07) is 32.7. The van der Waals surface area contributed by atoms with E-state index in [0.717, 1.165) is 37.0 Å². The van der Waals surface area contributed by atoms with Gasteiger partial charge in [0.15, 0.2) is 0 Å². The van der Waals surface area contributed by atoms with Crippen molar-refractivity contribution in [1.82, 2.24) is 0 Å². The Balaban J connectivity index is 1.19. The molecule has 0 unspecified atom stereocenters. The van der Waals surface area contributed by atoms with E-state index in [4.69, 9.17) is 4.74 Å². The van der Waals surface area contributed by atoms with Crippen molar-refractivity contribution in [3.05, 3.63) is 108 Å². The van der Waals surface area contributed by atoms with Crippen LogP contribution >= 0.6 is 0 Å². The van der Waals surface area contributed by atoms with Crippen LogP contribution in [-0.2, 0) is 15.1 Å². The summed E-state index contributed by atoms with van der Waals surface area (Å²) < 4.78 is 7.56. The van der Waals surface area contributed by atoms with E-state index < -0.39 is 5.60 Å². The topological polar surface area (TPSA) is 26.3 Å². The number of rotatable bonds is 6. The molecule has 0 aliphatic heterocycles. The van der Waals surface area contributed by atoms with E-state index in [0.29, 0.717) is 23.0 Å². The summed E-state index contributed by atoms with van der Waals surface area (Å²) in [6.45, 7) is 6.97. The number of ether oxygens (including phenoxy) is 1. The Kier molecular flexibility index (Phi) is 7.21. The molecule has 4 fully saturated rings. The molecule has 0 amide bonds. The molecule has 0 N–H and O–H groups in total. The van der Waals surface area contributed by atoms with Crippen molar-refractivity contribution in [1.29, 1.82) is 0 Å². The average molecular weight is 561 g/mol. The van der Waals surface area contributed by atoms with Crippen LogP contribution in [0.15, 0.2) is 91.0 Å². The van der Waals surface area contributed by atoms with Crippen LogP contribution in [0.2, 0.25) is 0 Å². The first-order valence-electron chi connectivity index (χ1n) is 16.7. The molecule has 4 saturated carbocycles. The summed E-state index contributed by atoms with van der Waals surface area (Å²) in [5, 5.41) is 0. The third kappa shape index (κ3) is 4.35. The zero-order valence-corrected chi connectivity index (χ0v) is 25.8. The number of hydrogen-bond donors (Lipinski definition) is 0. The van der Waals surface area contributed by atoms with Crippen LogP contribution in [0, 0.1) is 40.4 Å². The molecule has 3 aromatic carbocycles. The number of carbonyl (C=O) groups excluding carboxylic acids is 1. The highest BCUT2D eigenvalue weighted by molar-refractivity contribution is 5.79. The van der Waals surface area contributed by atoms with Gasteiger partial charge in [-0.1, -0.05) is 105 Å². The molecule has 4 aliphatic rings. The van der Waals surface area contributed by atoms with E-state index in [9.17, 15) is 4.79 Å². The SMILES string of the molecule is CC(=O)[C@H]1CC[C@H]2[C@@H]3CC[C@H]4C[C@H](OC(c5ccccc5)(c5ccccc5)c5ccccc5)CC[C@]4(C)[C@H]3CC[C@]12C. The van der Waals surface area contributed by atoms with Crippen molar-refractivity contribution in [2.45, 2.75) is 90.3 Å². The van der Waals surface area contributed by atoms with E-state index >= 15 is 0 Å². The number of benzene rings is 3. The molecule has 2 heteroatoms. The fourth-order valence-corrected chi connectivity index (χ4v) is 11.0. The lowest BCUT2D eigenvalue weighted by molar-refractivity contribution is -0.153. The summed E-state index contributed by atoms with van der Waals surface area (Å²) in [5.74, 6) is 3.76. The Labute approximate surface area is 253 Å². The van der Waals surface area contributed by atoms with Crippen LogP contribution in [-0.4, -0.2) is 11.9 Å². The van der Waals surface area contributed by atoms with Gasteiger partial charge in [0.2, 0.25) is 0 Å². The van der Waals surface area contributed by atoms with Gasteiger partial charge in [0.25, 0.3) is 0 Å². The maximum Gasteiger partial charge on any atom is 0.144 e. The minimum Gasteiger partial charge on any atom is -0.358 e. The minimum atomic E-state index is -0.641. The second-order valence-corrected chi connectivity index (χ2v) is 14.7. The maximum absolute atomic E-state index is 12.6. The van der Waals surface area contributed by atoms with Crippen molar-refractivity contribution >= 4 is 5.78 Å². The molecule has 220 valence electrons. The Morgan fingerprint density at radius 2 is 1.19 bits per heavy atom. The van der Waals surface area contributed by atoms with Crippen LogP contribution in [0.4, 0.5) is 0 Å². The van der Waals surface area contributed by atoms with Gasteiger partial charge in [-0.25, -0.2) is 0 Å². The van der Waals surface area contributed by atoms with Gasteiger partial charge in [-0.15, -0.1) is 0 Å². The first kappa shape index (κ1) is 28.1. The van der Waals surface area contributed by atoms with Crippen LogP contribution in [0.3, 0.4) is 0 Å². The van der Waals surface area contributed by atoms with Gasteiger partial charge >= 0.3 is 0 Å². The monoisotopic (exact) mass is 560 g/mol. The van der Waals surface area contributed by atoms with Gasteiger partial charge in [0.1, 0.15) is 11.4 Å². The lowest BCUT2D eigenvalue weighted by Crippen LogP contribution is -2.54. The predicted octanol–water partition coefficient (Wildman–Crippen LogP) is 9.61. The van der Waals surface area contributed by atoms with E-state index in [2.05, 4.69) is 105 Å². The Morgan fingerprint density at radius 1 is 0.667 bits per heavy atom. The average Bonchev–Trinajstić information content (AvgIpc) is 3.39. The van der Waals surface area contributed by atoms with Gasteiger partial charge < -0.3 is 4.74 Å². The third-order valence-electron chi connectivity index (χ3n) is 13.0. The first-order chi connectivity index (χ1) is 20.4. The van der Waals surface area contributed by atoms with Crippen molar-refractivity contribution in [3.63, 3.8) is 0 Å². The first-order valence-corrected chi connectivity index (χ1v) is 16.7. The van der Waals surface area contributed by atoms with Crippen molar-refractivity contribution in [2.75, 3.05) is 0 Å². The van der Waals surface area contributed by atoms with Crippen LogP contribution < -0.4 is 0 Å². The standard InChI is InChI=1S/C40H48O2/c1-28(41)35-21-22-36-34-20-19-32-27-33(23-25-38(32,2)37(34)24-26-39(35,36)3)42-40(29-13-7-4-8-14-29,30-15-9-5-10-16-30)31-17-11-6-12-18-31/h4-18,32-37H,19-27H2,1-3H3/t32-,33+,34-,35+,36-,37-,38-,39+/m0/s1. The second-order valence-electron chi connectivity index (χ2n) is 14.7. The maximum atomic E-state index is 12.6. The van der Waals surface area contributed by atoms with E-state index in [1.54, 1.807) is 0 Å². The molecule has 42 heavy (non-hydrogen) atoms. The summed E-state index contributed by atoms with van der Waals surface area (Å²) in [7, 11) is 0. The smallest absolute Gasteiger partial charge is 0.144 e. The highest BCUT2D eigenvalue weighted by atomic mass is 16.5. The van der Waals surface area contributed by atoms with Gasteiger partial charge in [0.05, 0.1) is 6.10 Å². The summed E-state index contributed by atoms with van der Waals surface area (Å²) in [5.41, 5.74) is 3.58. The molecule has 0 radical (unpaired) electrons. The zero-order chi connectivity index (χ0) is 29.0. The van der Waals surface area contributed by atoms with E-state index in [1.807, 2.05) is 6.92 Å². The summed E-state index contributed by atoms with van der Waals surface area (Å²) in [4.78, 5) is 12.6. The van der Waals surface area contributed by atoms with Crippen LogP contribution in [0.25, 0.3) is 0 Å². The van der Waals surface area contributed by atoms with Gasteiger partial charge in [-0.05, 0) is 116 Å². The molecule has 0 bridgehead atoms. The fourth-order valence-electron chi connectivity index (χ4n) is 11.0. The zero-order valence-electron chi connectivity index (χ0n) is 25.8. The highest BCUT2D eigenvalue weighted by Gasteiger charge is 2.61. The highest BCUT2D eigenvalue weighted by Crippen LogP contribution is 2.67. The molecule has 0 heterocycles. The van der Waals surface area contributed by atoms with Gasteiger partial charge in [-0.3, -0.25) is 4.79 Å². The minimum absolute atomic E-state index is 0.211. The van der Waals surface area contributed by atoms with Crippen LogP contribution in [0.5, 0.6) is 0 Å². The van der Waals surface area contributed by atoms with E-state index in [1.165, 1.54) is 55.2 Å². The molecular formula is C40H48O2. The molecule has 2 nitrogen and oxygen atoms in total. The Hall–Kier alpha value is -2.71. The lowest BCUT2D eigenvalue weighted by atomic mass is 9.44. The molecule has 0 aromatic heterocycles. The number of ketones is 1. The van der Waals surface area contributed by atoms with Crippen molar-refractivity contribution in [2.24, 2.45) is 40.4 Å². The van der Waals surface area contributed by atoms with Gasteiger partial charge in [-0.2, -0.15) is 0 Å². The molecule has 8 atom stereocenters. The number of hydrogen-bond acceptors (Lipinski definition) is 2. The third-order valence-corrected chi connectivity index (χ3v) is 13.0. The molecule has 3 aromatic rings. The van der Waals surface area contributed by atoms with Crippen LogP contribution in [0.1, 0.15) is 95.2 Å². The number of carbonyl (C=O) groups is 1. The van der Waals surface area contributed by atoms with Gasteiger partial charge in [0, 0.05) is 5.92 Å². The largest absolute Gasteiger partial charge is 0.358 e. The van der Waals surface area contributed by atoms with Crippen molar-refractivity contribution < 1.29 is 9.53 Å². The summed E-state index contributed by atoms with van der Waals surface area (Å²) >= 11 is 0. The molecule has 7 rings (SSSR count). The molecule has 0 saturated heterocycles. The molecular weight excluding hydrogens is 512 g/mol. The second kappa shape index (κ2) is 10.8. The lowest BCUT2D eigenvalue weighted by Gasteiger charge is -2.61. The molecule has 4 aliphatic carbocycles. The normalized spacial score (nSPS) is 36.0. The Morgan fingerprint density at radius 3 is 1.74 bits per heavy atom. The Bertz CT molecular complexity index is 1290. The quantitative estimate of drug-likeness (QED) is 0.281. The molecule has 0 spiro atoms. The number of Topliss-reactive ketones (excluding diaryl/α,β-unsaturated/α-hetero) is 1. The van der Waals surface area contributed by atoms with Crippen molar-refractivity contribution in [3.8, 4) is 0 Å². The van der Waals surface area contributed by atoms with E-state index in [-0.39, 0.29) is 11.5 Å².